The quantitative estimate of drug-likeness (QED) is 0.711. The summed E-state index contributed by atoms with van der Waals surface area (Å²) in [6.45, 7) is 5.09. The molecule has 3 fully saturated rings. The Kier molecular flexibility index (Phi) is 6.05. The van der Waals surface area contributed by atoms with Gasteiger partial charge in [0.05, 0.1) is 25.0 Å². The van der Waals surface area contributed by atoms with Gasteiger partial charge in [-0.1, -0.05) is 12.1 Å². The SMILES string of the molecule is CCN1C(=O)[C@@H]2CN(C(=O)N(C)C)C[C@@H]2C12CCN(C(=O)Cc1cccc(OC)c1)CC2. The summed E-state index contributed by atoms with van der Waals surface area (Å²) < 4.78 is 5.27. The van der Waals surface area contributed by atoms with Gasteiger partial charge in [-0.05, 0) is 37.5 Å². The lowest BCUT2D eigenvalue weighted by atomic mass is 9.74. The van der Waals surface area contributed by atoms with E-state index in [1.54, 1.807) is 26.1 Å². The van der Waals surface area contributed by atoms with Gasteiger partial charge in [-0.15, -0.1) is 0 Å². The molecule has 3 saturated heterocycles. The van der Waals surface area contributed by atoms with Crippen molar-refractivity contribution in [2.75, 3.05) is 53.9 Å². The molecule has 0 radical (unpaired) electrons. The minimum atomic E-state index is -0.259. The van der Waals surface area contributed by atoms with Crippen molar-refractivity contribution in [3.63, 3.8) is 0 Å². The Morgan fingerprint density at radius 1 is 1.16 bits per heavy atom. The number of amides is 4. The van der Waals surface area contributed by atoms with Crippen LogP contribution in [0.1, 0.15) is 25.3 Å². The molecule has 174 valence electrons. The van der Waals surface area contributed by atoms with Crippen LogP contribution in [0, 0.1) is 11.8 Å². The number of carbonyl (C=O) groups is 3. The van der Waals surface area contributed by atoms with Crippen molar-refractivity contribution in [2.24, 2.45) is 11.8 Å². The monoisotopic (exact) mass is 442 g/mol. The van der Waals surface area contributed by atoms with Crippen molar-refractivity contribution in [3.05, 3.63) is 29.8 Å². The summed E-state index contributed by atoms with van der Waals surface area (Å²) >= 11 is 0. The maximum Gasteiger partial charge on any atom is 0.319 e. The summed E-state index contributed by atoms with van der Waals surface area (Å²) in [4.78, 5) is 46.1. The second-order valence-electron chi connectivity index (χ2n) is 9.39. The molecule has 0 unspecified atom stereocenters. The number of carbonyl (C=O) groups excluding carboxylic acids is 3. The molecular weight excluding hydrogens is 408 g/mol. The lowest BCUT2D eigenvalue weighted by Gasteiger charge is -2.47. The summed E-state index contributed by atoms with van der Waals surface area (Å²) in [5.74, 6) is 1.03. The van der Waals surface area contributed by atoms with E-state index in [2.05, 4.69) is 0 Å². The molecular formula is C24H34N4O4. The smallest absolute Gasteiger partial charge is 0.319 e. The van der Waals surface area contributed by atoms with E-state index in [4.69, 9.17) is 4.74 Å². The fourth-order valence-corrected chi connectivity index (χ4v) is 5.98. The fraction of sp³-hybridized carbons (Fsp3) is 0.625. The van der Waals surface area contributed by atoms with Gasteiger partial charge < -0.3 is 24.3 Å². The van der Waals surface area contributed by atoms with Crippen molar-refractivity contribution in [1.29, 1.82) is 0 Å². The number of rotatable bonds is 4. The molecule has 4 rings (SSSR count). The van der Waals surface area contributed by atoms with Gasteiger partial charge in [-0.25, -0.2) is 4.79 Å². The first-order valence-corrected chi connectivity index (χ1v) is 11.5. The Morgan fingerprint density at radius 3 is 2.50 bits per heavy atom. The van der Waals surface area contributed by atoms with Gasteiger partial charge in [0.25, 0.3) is 0 Å². The lowest BCUT2D eigenvalue weighted by molar-refractivity contribution is -0.137. The Balaban J connectivity index is 1.46. The van der Waals surface area contributed by atoms with Gasteiger partial charge in [-0.2, -0.15) is 0 Å². The van der Waals surface area contributed by atoms with Gasteiger partial charge in [0.2, 0.25) is 11.8 Å². The molecule has 3 heterocycles. The van der Waals surface area contributed by atoms with Crippen LogP contribution in [0.4, 0.5) is 4.79 Å². The van der Waals surface area contributed by atoms with Crippen molar-refractivity contribution in [2.45, 2.75) is 31.7 Å². The highest BCUT2D eigenvalue weighted by Crippen LogP contribution is 2.49. The molecule has 32 heavy (non-hydrogen) atoms. The first kappa shape index (κ1) is 22.4. The van der Waals surface area contributed by atoms with Gasteiger partial charge in [-0.3, -0.25) is 9.59 Å². The Labute approximate surface area is 190 Å². The molecule has 3 aliphatic heterocycles. The van der Waals surface area contributed by atoms with E-state index in [0.717, 1.165) is 24.2 Å². The number of ether oxygens (including phenoxy) is 1. The van der Waals surface area contributed by atoms with Crippen molar-refractivity contribution in [1.82, 2.24) is 19.6 Å². The van der Waals surface area contributed by atoms with E-state index >= 15 is 0 Å². The first-order valence-electron chi connectivity index (χ1n) is 11.5. The zero-order valence-corrected chi connectivity index (χ0v) is 19.5. The third-order valence-electron chi connectivity index (χ3n) is 7.57. The average molecular weight is 443 g/mol. The Hall–Kier alpha value is -2.77. The number of benzene rings is 1. The van der Waals surface area contributed by atoms with Crippen LogP contribution in [-0.4, -0.2) is 96.9 Å². The molecule has 1 aromatic carbocycles. The maximum atomic E-state index is 13.2. The highest BCUT2D eigenvalue weighted by Gasteiger charge is 2.61. The molecule has 4 amide bonds. The zero-order valence-electron chi connectivity index (χ0n) is 19.5. The Morgan fingerprint density at radius 2 is 1.88 bits per heavy atom. The van der Waals surface area contributed by atoms with Gasteiger partial charge >= 0.3 is 6.03 Å². The normalized spacial score (nSPS) is 24.1. The van der Waals surface area contributed by atoms with Crippen molar-refractivity contribution in [3.8, 4) is 5.75 Å². The van der Waals surface area contributed by atoms with E-state index in [0.29, 0.717) is 39.1 Å². The third kappa shape index (κ3) is 3.69. The van der Waals surface area contributed by atoms with Crippen LogP contribution in [0.25, 0.3) is 0 Å². The molecule has 8 nitrogen and oxygen atoms in total. The second-order valence-corrected chi connectivity index (χ2v) is 9.39. The summed E-state index contributed by atoms with van der Waals surface area (Å²) in [6.07, 6.45) is 1.88. The minimum Gasteiger partial charge on any atom is -0.497 e. The summed E-state index contributed by atoms with van der Waals surface area (Å²) in [7, 11) is 5.12. The number of likely N-dealkylation sites (tertiary alicyclic amines) is 3. The van der Waals surface area contributed by atoms with E-state index in [1.165, 1.54) is 0 Å². The van der Waals surface area contributed by atoms with Crippen LogP contribution in [0.5, 0.6) is 5.75 Å². The second kappa shape index (κ2) is 8.64. The van der Waals surface area contributed by atoms with E-state index in [1.807, 2.05) is 45.9 Å². The largest absolute Gasteiger partial charge is 0.497 e. The van der Waals surface area contributed by atoms with Crippen molar-refractivity contribution >= 4 is 17.8 Å². The molecule has 0 N–H and O–H groups in total. The number of nitrogens with zero attached hydrogens (tertiary/aromatic N) is 4. The van der Waals surface area contributed by atoms with Gasteiger partial charge in [0.1, 0.15) is 5.75 Å². The molecule has 1 aromatic rings. The van der Waals surface area contributed by atoms with E-state index in [-0.39, 0.29) is 35.2 Å². The number of fused-ring (bicyclic) bond motifs is 2. The van der Waals surface area contributed by atoms with E-state index < -0.39 is 0 Å². The predicted octanol–water partition coefficient (Wildman–Crippen LogP) is 1.69. The van der Waals surface area contributed by atoms with E-state index in [9.17, 15) is 14.4 Å². The summed E-state index contributed by atoms with van der Waals surface area (Å²) in [5, 5.41) is 0. The molecule has 0 saturated carbocycles. The molecule has 0 aromatic heterocycles. The highest BCUT2D eigenvalue weighted by atomic mass is 16.5. The lowest BCUT2D eigenvalue weighted by Crippen LogP contribution is -2.58. The third-order valence-corrected chi connectivity index (χ3v) is 7.57. The molecule has 0 aliphatic carbocycles. The van der Waals surface area contributed by atoms with Crippen LogP contribution in [0.2, 0.25) is 0 Å². The Bertz CT molecular complexity index is 894. The van der Waals surface area contributed by atoms with Crippen LogP contribution in [0.3, 0.4) is 0 Å². The number of hydrogen-bond donors (Lipinski definition) is 0. The zero-order chi connectivity index (χ0) is 23.0. The number of methoxy groups -OCH3 is 1. The summed E-state index contributed by atoms with van der Waals surface area (Å²) in [5.41, 5.74) is 0.680. The number of hydrogen-bond acceptors (Lipinski definition) is 4. The predicted molar refractivity (Wildman–Crippen MR) is 120 cm³/mol. The number of piperidine rings is 1. The molecule has 8 heteroatoms. The van der Waals surface area contributed by atoms with Crippen LogP contribution >= 0.6 is 0 Å². The fourth-order valence-electron chi connectivity index (χ4n) is 5.98. The molecule has 1 spiro atoms. The maximum absolute atomic E-state index is 13.2. The average Bonchev–Trinajstić information content (AvgIpc) is 3.32. The molecule has 3 aliphatic rings. The minimum absolute atomic E-state index is 0.0312. The summed E-state index contributed by atoms with van der Waals surface area (Å²) in [6, 6.07) is 7.59. The first-order chi connectivity index (χ1) is 15.3. The van der Waals surface area contributed by atoms with Crippen LogP contribution in [0.15, 0.2) is 24.3 Å². The topological polar surface area (TPSA) is 73.4 Å². The molecule has 0 bridgehead atoms. The molecule has 2 atom stereocenters. The van der Waals surface area contributed by atoms with Gasteiger partial charge in [0.15, 0.2) is 0 Å². The standard InChI is InChI=1S/C24H34N4O4/c1-5-28-22(30)19-15-27(23(31)25(2)3)16-20(19)24(28)9-11-26(12-10-24)21(29)14-17-7-6-8-18(13-17)32-4/h6-8,13,19-20H,5,9-12,14-16H2,1-4H3/t19-,20+/m1/s1. The van der Waals surface area contributed by atoms with Crippen LogP contribution < -0.4 is 4.74 Å². The van der Waals surface area contributed by atoms with Crippen molar-refractivity contribution < 1.29 is 19.1 Å². The number of urea groups is 1. The van der Waals surface area contributed by atoms with Gasteiger partial charge in [0, 0.05) is 52.7 Å². The van der Waals surface area contributed by atoms with Crippen LogP contribution in [-0.2, 0) is 16.0 Å². The highest BCUT2D eigenvalue weighted by molar-refractivity contribution is 5.86.